The van der Waals surface area contributed by atoms with Gasteiger partial charge in [0, 0.05) is 23.8 Å². The number of carbonyl (C=O) groups excluding carboxylic acids is 1. The molecular formula is C16H20N2O. The Bertz CT molecular complexity index is 567. The number of aromatic amines is 1. The van der Waals surface area contributed by atoms with Crippen LogP contribution in [0.5, 0.6) is 0 Å². The maximum absolute atomic E-state index is 11.9. The van der Waals surface area contributed by atoms with Crippen molar-refractivity contribution >= 4 is 22.5 Å². The van der Waals surface area contributed by atoms with Crippen LogP contribution < -0.4 is 5.32 Å². The lowest BCUT2D eigenvalue weighted by Gasteiger charge is -2.09. The van der Waals surface area contributed by atoms with Gasteiger partial charge in [-0.05, 0) is 35.9 Å². The van der Waals surface area contributed by atoms with Crippen molar-refractivity contribution in [1.82, 2.24) is 4.98 Å². The highest BCUT2D eigenvalue weighted by Crippen LogP contribution is 2.28. The van der Waals surface area contributed by atoms with Gasteiger partial charge in [-0.3, -0.25) is 4.79 Å². The van der Waals surface area contributed by atoms with E-state index in [1.165, 1.54) is 31.1 Å². The summed E-state index contributed by atoms with van der Waals surface area (Å²) in [6.45, 7) is 0. The van der Waals surface area contributed by atoms with Crippen molar-refractivity contribution in [3.63, 3.8) is 0 Å². The van der Waals surface area contributed by atoms with Gasteiger partial charge in [-0.15, -0.1) is 0 Å². The van der Waals surface area contributed by atoms with Gasteiger partial charge in [-0.1, -0.05) is 31.7 Å². The lowest BCUT2D eigenvalue weighted by atomic mass is 10.0. The first-order valence-corrected chi connectivity index (χ1v) is 7.18. The minimum atomic E-state index is 0.137. The third-order valence-corrected chi connectivity index (χ3v) is 4.09. The van der Waals surface area contributed by atoms with Gasteiger partial charge in [-0.2, -0.15) is 0 Å². The zero-order valence-corrected chi connectivity index (χ0v) is 11.1. The van der Waals surface area contributed by atoms with Gasteiger partial charge in [-0.25, -0.2) is 0 Å². The number of benzene rings is 1. The fourth-order valence-corrected chi connectivity index (χ4v) is 2.98. The van der Waals surface area contributed by atoms with Crippen LogP contribution in [0.25, 0.3) is 10.9 Å². The van der Waals surface area contributed by atoms with Crippen molar-refractivity contribution in [2.45, 2.75) is 38.5 Å². The zero-order valence-electron chi connectivity index (χ0n) is 11.1. The van der Waals surface area contributed by atoms with E-state index in [9.17, 15) is 4.79 Å². The van der Waals surface area contributed by atoms with Gasteiger partial charge in [0.15, 0.2) is 0 Å². The second-order valence-corrected chi connectivity index (χ2v) is 5.52. The fourth-order valence-electron chi connectivity index (χ4n) is 2.98. The molecule has 0 atom stereocenters. The van der Waals surface area contributed by atoms with Gasteiger partial charge in [0.25, 0.3) is 0 Å². The van der Waals surface area contributed by atoms with E-state index in [1.54, 1.807) is 0 Å². The van der Waals surface area contributed by atoms with Crippen molar-refractivity contribution < 1.29 is 4.79 Å². The number of fused-ring (bicyclic) bond motifs is 1. The summed E-state index contributed by atoms with van der Waals surface area (Å²) < 4.78 is 0. The van der Waals surface area contributed by atoms with Crippen LogP contribution in [0, 0.1) is 5.92 Å². The van der Waals surface area contributed by atoms with E-state index in [0.717, 1.165) is 23.5 Å². The summed E-state index contributed by atoms with van der Waals surface area (Å²) in [6, 6.07) is 8.01. The molecule has 1 aromatic heterocycles. The summed E-state index contributed by atoms with van der Waals surface area (Å²) in [5.74, 6) is 0.912. The van der Waals surface area contributed by atoms with E-state index in [2.05, 4.69) is 10.3 Å². The third kappa shape index (κ3) is 2.98. The molecule has 19 heavy (non-hydrogen) atoms. The summed E-state index contributed by atoms with van der Waals surface area (Å²) in [5.41, 5.74) is 1.94. The molecule has 3 nitrogen and oxygen atoms in total. The number of hydrogen-bond donors (Lipinski definition) is 2. The van der Waals surface area contributed by atoms with E-state index < -0.39 is 0 Å². The van der Waals surface area contributed by atoms with Crippen LogP contribution in [0.3, 0.4) is 0 Å². The molecule has 3 rings (SSSR count). The molecule has 2 N–H and O–H groups in total. The molecule has 0 aliphatic heterocycles. The van der Waals surface area contributed by atoms with E-state index in [0.29, 0.717) is 6.42 Å². The van der Waals surface area contributed by atoms with Crippen molar-refractivity contribution in [3.05, 3.63) is 30.5 Å². The Morgan fingerprint density at radius 3 is 2.95 bits per heavy atom. The summed E-state index contributed by atoms with van der Waals surface area (Å²) >= 11 is 0. The monoisotopic (exact) mass is 256 g/mol. The SMILES string of the molecule is O=C(CCC1CCCC1)Nc1ccc2cc[nH]c2c1. The van der Waals surface area contributed by atoms with Crippen LogP contribution in [0.15, 0.2) is 30.5 Å². The largest absolute Gasteiger partial charge is 0.361 e. The van der Waals surface area contributed by atoms with Crippen LogP contribution in [0.1, 0.15) is 38.5 Å². The average molecular weight is 256 g/mol. The molecule has 0 saturated heterocycles. The quantitative estimate of drug-likeness (QED) is 0.850. The molecule has 0 bridgehead atoms. The Morgan fingerprint density at radius 1 is 1.26 bits per heavy atom. The van der Waals surface area contributed by atoms with Crippen molar-refractivity contribution in [1.29, 1.82) is 0 Å². The molecule has 1 aliphatic rings. The van der Waals surface area contributed by atoms with Gasteiger partial charge < -0.3 is 10.3 Å². The standard InChI is InChI=1S/C16H20N2O/c19-16(8-5-12-3-1-2-4-12)18-14-7-6-13-9-10-17-15(13)11-14/h6-7,9-12,17H,1-5,8H2,(H,18,19). The molecule has 1 aromatic carbocycles. The van der Waals surface area contributed by atoms with E-state index in [4.69, 9.17) is 0 Å². The maximum atomic E-state index is 11.9. The Morgan fingerprint density at radius 2 is 2.11 bits per heavy atom. The number of rotatable bonds is 4. The van der Waals surface area contributed by atoms with Crippen molar-refractivity contribution in [3.8, 4) is 0 Å². The molecule has 1 heterocycles. The third-order valence-electron chi connectivity index (χ3n) is 4.09. The van der Waals surface area contributed by atoms with Gasteiger partial charge in [0.1, 0.15) is 0 Å². The molecular weight excluding hydrogens is 236 g/mol. The number of aromatic nitrogens is 1. The van der Waals surface area contributed by atoms with Gasteiger partial charge >= 0.3 is 0 Å². The minimum Gasteiger partial charge on any atom is -0.361 e. The minimum absolute atomic E-state index is 0.137. The first-order chi connectivity index (χ1) is 9.31. The summed E-state index contributed by atoms with van der Waals surface area (Å²) in [5, 5.41) is 4.16. The van der Waals surface area contributed by atoms with Crippen LogP contribution in [-0.2, 0) is 4.79 Å². The number of hydrogen-bond acceptors (Lipinski definition) is 1. The smallest absolute Gasteiger partial charge is 0.224 e. The predicted molar refractivity (Wildman–Crippen MR) is 78.1 cm³/mol. The maximum Gasteiger partial charge on any atom is 0.224 e. The fraction of sp³-hybridized carbons (Fsp3) is 0.438. The van der Waals surface area contributed by atoms with E-state index in [-0.39, 0.29) is 5.91 Å². The molecule has 1 aliphatic carbocycles. The summed E-state index contributed by atoms with van der Waals surface area (Å²) in [4.78, 5) is 15.1. The Kier molecular flexibility index (Phi) is 3.53. The first kappa shape index (κ1) is 12.3. The zero-order chi connectivity index (χ0) is 13.1. The molecule has 3 heteroatoms. The number of amides is 1. The summed E-state index contributed by atoms with van der Waals surface area (Å²) in [6.07, 6.45) is 8.90. The summed E-state index contributed by atoms with van der Waals surface area (Å²) in [7, 11) is 0. The predicted octanol–water partition coefficient (Wildman–Crippen LogP) is 4.08. The second-order valence-electron chi connectivity index (χ2n) is 5.52. The Balaban J connectivity index is 1.55. The number of H-pyrrole nitrogens is 1. The molecule has 0 spiro atoms. The molecule has 1 fully saturated rings. The van der Waals surface area contributed by atoms with E-state index in [1.807, 2.05) is 30.5 Å². The van der Waals surface area contributed by atoms with Gasteiger partial charge in [0.05, 0.1) is 0 Å². The molecule has 1 amide bonds. The molecule has 2 aromatic rings. The first-order valence-electron chi connectivity index (χ1n) is 7.18. The second kappa shape index (κ2) is 5.47. The number of nitrogens with one attached hydrogen (secondary N) is 2. The normalized spacial score (nSPS) is 16.0. The molecule has 100 valence electrons. The lowest BCUT2D eigenvalue weighted by molar-refractivity contribution is -0.116. The van der Waals surface area contributed by atoms with Crippen LogP contribution in [-0.4, -0.2) is 10.9 Å². The van der Waals surface area contributed by atoms with Crippen LogP contribution in [0.2, 0.25) is 0 Å². The molecule has 0 radical (unpaired) electrons. The number of anilines is 1. The highest BCUT2D eigenvalue weighted by atomic mass is 16.1. The van der Waals surface area contributed by atoms with Crippen LogP contribution in [0.4, 0.5) is 5.69 Å². The topological polar surface area (TPSA) is 44.9 Å². The highest BCUT2D eigenvalue weighted by molar-refractivity contribution is 5.93. The molecule has 1 saturated carbocycles. The van der Waals surface area contributed by atoms with Crippen molar-refractivity contribution in [2.75, 3.05) is 5.32 Å². The average Bonchev–Trinajstić information content (AvgIpc) is 3.07. The lowest BCUT2D eigenvalue weighted by Crippen LogP contribution is -2.12. The van der Waals surface area contributed by atoms with Crippen molar-refractivity contribution in [2.24, 2.45) is 5.92 Å². The Hall–Kier alpha value is -1.77. The van der Waals surface area contributed by atoms with Gasteiger partial charge in [0.2, 0.25) is 5.91 Å². The number of carbonyl (C=O) groups is 1. The van der Waals surface area contributed by atoms with E-state index >= 15 is 0 Å². The highest BCUT2D eigenvalue weighted by Gasteiger charge is 2.16. The molecule has 0 unspecified atom stereocenters. The Labute approximate surface area is 113 Å². The van der Waals surface area contributed by atoms with Crippen LogP contribution >= 0.6 is 0 Å².